The van der Waals surface area contributed by atoms with Crippen LogP contribution < -0.4 is 14.8 Å². The van der Waals surface area contributed by atoms with Gasteiger partial charge in [0.15, 0.2) is 0 Å². The first-order valence-corrected chi connectivity index (χ1v) is 15.0. The number of rotatable bonds is 7. The van der Waals surface area contributed by atoms with Crippen LogP contribution in [0.15, 0.2) is 18.2 Å². The second-order valence-electron chi connectivity index (χ2n) is 13.6. The van der Waals surface area contributed by atoms with Gasteiger partial charge in [0.25, 0.3) is 0 Å². The van der Waals surface area contributed by atoms with Crippen LogP contribution in [-0.2, 0) is 4.79 Å². The zero-order valence-electron chi connectivity index (χ0n) is 24.0. The van der Waals surface area contributed by atoms with E-state index >= 15 is 0 Å². The number of aliphatic hydroxyl groups is 2. The fourth-order valence-electron chi connectivity index (χ4n) is 9.84. The number of hydrogen-bond acceptors (Lipinski definition) is 5. The maximum absolute atomic E-state index is 12.9. The standard InChI is InChI=1S/C32H49NO5/c1-19(6-9-29(36)33-21-16-23(37-4)18-24(17-21)38-5)25-7-8-26-30-27(11-13-32(25,26)3)31(2)12-10-22(34)14-20(31)15-28(30)35/h16-20,22,25-28,30,34-35H,6-15H2,1-5H3,(H,33,36). The summed E-state index contributed by atoms with van der Waals surface area (Å²) in [4.78, 5) is 12.9. The lowest BCUT2D eigenvalue weighted by Crippen LogP contribution is -2.58. The molecule has 38 heavy (non-hydrogen) atoms. The molecule has 6 nitrogen and oxygen atoms in total. The number of carbonyl (C=O) groups is 1. The summed E-state index contributed by atoms with van der Waals surface area (Å²) < 4.78 is 10.7. The largest absolute Gasteiger partial charge is 0.497 e. The van der Waals surface area contributed by atoms with Crippen LogP contribution in [0, 0.1) is 46.3 Å². The molecular weight excluding hydrogens is 478 g/mol. The first kappa shape index (κ1) is 27.8. The number of fused-ring (bicyclic) bond motifs is 5. The Hall–Kier alpha value is -1.79. The maximum Gasteiger partial charge on any atom is 0.224 e. The summed E-state index contributed by atoms with van der Waals surface area (Å²) in [5.74, 6) is 4.35. The molecule has 10 unspecified atom stereocenters. The third kappa shape index (κ3) is 4.85. The van der Waals surface area contributed by atoms with E-state index in [1.807, 2.05) is 12.1 Å². The number of carbonyl (C=O) groups excluding carboxylic acids is 1. The Bertz CT molecular complexity index is 991. The molecule has 0 saturated heterocycles. The first-order valence-electron chi connectivity index (χ1n) is 15.0. The van der Waals surface area contributed by atoms with Crippen molar-refractivity contribution in [2.45, 2.75) is 97.2 Å². The van der Waals surface area contributed by atoms with Crippen LogP contribution in [0.3, 0.4) is 0 Å². The zero-order chi connectivity index (χ0) is 27.2. The van der Waals surface area contributed by atoms with Gasteiger partial charge < -0.3 is 25.0 Å². The van der Waals surface area contributed by atoms with Crippen molar-refractivity contribution < 1.29 is 24.5 Å². The van der Waals surface area contributed by atoms with E-state index in [2.05, 4.69) is 26.1 Å². The number of nitrogens with one attached hydrogen (secondary N) is 1. The maximum atomic E-state index is 12.9. The highest BCUT2D eigenvalue weighted by Crippen LogP contribution is 2.68. The zero-order valence-corrected chi connectivity index (χ0v) is 24.0. The van der Waals surface area contributed by atoms with Crippen molar-refractivity contribution in [1.29, 1.82) is 0 Å². The molecule has 1 aromatic rings. The van der Waals surface area contributed by atoms with Crippen molar-refractivity contribution in [2.75, 3.05) is 19.5 Å². The van der Waals surface area contributed by atoms with Gasteiger partial charge in [-0.25, -0.2) is 0 Å². The quantitative estimate of drug-likeness (QED) is 0.402. The van der Waals surface area contributed by atoms with Crippen molar-refractivity contribution in [3.63, 3.8) is 0 Å². The predicted octanol–water partition coefficient (Wildman–Crippen LogP) is 6.05. The molecule has 212 valence electrons. The molecular formula is C32H49NO5. The highest BCUT2D eigenvalue weighted by atomic mass is 16.5. The van der Waals surface area contributed by atoms with Gasteiger partial charge >= 0.3 is 0 Å². The Morgan fingerprint density at radius 1 is 0.974 bits per heavy atom. The number of aliphatic hydroxyl groups excluding tert-OH is 2. The summed E-state index contributed by atoms with van der Waals surface area (Å²) in [6.07, 6.45) is 9.49. The summed E-state index contributed by atoms with van der Waals surface area (Å²) in [6.45, 7) is 7.31. The Morgan fingerprint density at radius 3 is 2.32 bits per heavy atom. The Balaban J connectivity index is 1.23. The fourth-order valence-corrected chi connectivity index (χ4v) is 9.84. The molecule has 0 aromatic heterocycles. The molecule has 0 radical (unpaired) electrons. The molecule has 6 heteroatoms. The van der Waals surface area contributed by atoms with E-state index in [4.69, 9.17) is 9.47 Å². The van der Waals surface area contributed by atoms with Crippen LogP contribution >= 0.6 is 0 Å². The number of benzene rings is 1. The molecule has 3 N–H and O–H groups in total. The Morgan fingerprint density at radius 2 is 1.63 bits per heavy atom. The van der Waals surface area contributed by atoms with Crippen molar-refractivity contribution in [1.82, 2.24) is 0 Å². The van der Waals surface area contributed by atoms with Gasteiger partial charge in [-0.05, 0) is 104 Å². The summed E-state index contributed by atoms with van der Waals surface area (Å²) in [5.41, 5.74) is 1.18. The fraction of sp³-hybridized carbons (Fsp3) is 0.781. The lowest BCUT2D eigenvalue weighted by molar-refractivity contribution is -0.174. The van der Waals surface area contributed by atoms with E-state index in [1.54, 1.807) is 20.3 Å². The average molecular weight is 528 g/mol. The second-order valence-corrected chi connectivity index (χ2v) is 13.6. The molecule has 4 aliphatic carbocycles. The Labute approximate surface area is 228 Å². The number of anilines is 1. The topological polar surface area (TPSA) is 88.0 Å². The van der Waals surface area contributed by atoms with Crippen LogP contribution in [-0.4, -0.2) is 42.5 Å². The van der Waals surface area contributed by atoms with E-state index in [1.165, 1.54) is 25.7 Å². The smallest absolute Gasteiger partial charge is 0.224 e. The lowest BCUT2D eigenvalue weighted by atomic mass is 9.43. The third-order valence-corrected chi connectivity index (χ3v) is 11.9. The molecule has 0 spiro atoms. The Kier molecular flexibility index (Phi) is 7.78. The van der Waals surface area contributed by atoms with E-state index in [-0.39, 0.29) is 28.9 Å². The van der Waals surface area contributed by atoms with Crippen molar-refractivity contribution in [3.8, 4) is 11.5 Å². The molecule has 4 fully saturated rings. The number of ether oxygens (including phenoxy) is 2. The minimum atomic E-state index is -0.243. The first-order chi connectivity index (χ1) is 18.1. The summed E-state index contributed by atoms with van der Waals surface area (Å²) in [7, 11) is 3.21. The molecule has 1 amide bonds. The van der Waals surface area contributed by atoms with Gasteiger partial charge in [0.05, 0.1) is 26.4 Å². The number of amides is 1. The molecule has 5 rings (SSSR count). The number of hydrogen-bond donors (Lipinski definition) is 3. The molecule has 4 saturated carbocycles. The van der Waals surface area contributed by atoms with Crippen molar-refractivity contribution in [2.24, 2.45) is 46.3 Å². The highest BCUT2D eigenvalue weighted by molar-refractivity contribution is 5.91. The predicted molar refractivity (Wildman–Crippen MR) is 149 cm³/mol. The van der Waals surface area contributed by atoms with Crippen LogP contribution in [0.4, 0.5) is 5.69 Å². The molecule has 10 atom stereocenters. The van der Waals surface area contributed by atoms with Gasteiger partial charge in [0.1, 0.15) is 11.5 Å². The molecule has 4 aliphatic rings. The van der Waals surface area contributed by atoms with Gasteiger partial charge in [0.2, 0.25) is 5.91 Å². The van der Waals surface area contributed by atoms with Crippen molar-refractivity contribution in [3.05, 3.63) is 18.2 Å². The van der Waals surface area contributed by atoms with Gasteiger partial charge in [-0.1, -0.05) is 20.8 Å². The normalized spacial score (nSPS) is 40.9. The van der Waals surface area contributed by atoms with Crippen LogP contribution in [0.5, 0.6) is 11.5 Å². The third-order valence-electron chi connectivity index (χ3n) is 11.9. The van der Waals surface area contributed by atoms with Crippen LogP contribution in [0.2, 0.25) is 0 Å². The monoisotopic (exact) mass is 527 g/mol. The van der Waals surface area contributed by atoms with Gasteiger partial charge in [-0.2, -0.15) is 0 Å². The highest BCUT2D eigenvalue weighted by Gasteiger charge is 2.62. The molecule has 1 aromatic carbocycles. The summed E-state index contributed by atoms with van der Waals surface area (Å²) >= 11 is 0. The summed E-state index contributed by atoms with van der Waals surface area (Å²) in [5, 5.41) is 24.8. The molecule has 0 aliphatic heterocycles. The number of methoxy groups -OCH3 is 2. The lowest BCUT2D eigenvalue weighted by Gasteiger charge is -2.62. The van der Waals surface area contributed by atoms with E-state index in [0.717, 1.165) is 32.1 Å². The average Bonchev–Trinajstić information content (AvgIpc) is 3.25. The van der Waals surface area contributed by atoms with E-state index < -0.39 is 0 Å². The molecule has 0 heterocycles. The van der Waals surface area contributed by atoms with Crippen LogP contribution in [0.25, 0.3) is 0 Å². The van der Waals surface area contributed by atoms with Crippen molar-refractivity contribution >= 4 is 11.6 Å². The minimum absolute atomic E-state index is 0.0247. The van der Waals surface area contributed by atoms with Crippen LogP contribution in [0.1, 0.15) is 85.0 Å². The van der Waals surface area contributed by atoms with Gasteiger partial charge in [-0.15, -0.1) is 0 Å². The molecule has 0 bridgehead atoms. The SMILES string of the molecule is COc1cc(NC(=O)CCC(C)C2CCC3C4C(O)CC5CC(O)CCC5(C)C4CCC23C)cc(OC)c1. The second kappa shape index (κ2) is 10.6. The van der Waals surface area contributed by atoms with Gasteiger partial charge in [-0.3, -0.25) is 4.79 Å². The van der Waals surface area contributed by atoms with E-state index in [0.29, 0.717) is 59.1 Å². The minimum Gasteiger partial charge on any atom is -0.497 e. The van der Waals surface area contributed by atoms with E-state index in [9.17, 15) is 15.0 Å². The van der Waals surface area contributed by atoms with Gasteiger partial charge in [0, 0.05) is 30.3 Å². The summed E-state index contributed by atoms with van der Waals surface area (Å²) in [6, 6.07) is 5.43.